The third-order valence-electron chi connectivity index (χ3n) is 9.07. The monoisotopic (exact) mass is 897 g/mol. The minimum absolute atomic E-state index is 0. The van der Waals surface area contributed by atoms with Crippen LogP contribution in [0.5, 0.6) is 0 Å². The Morgan fingerprint density at radius 3 is 1.30 bits per heavy atom. The van der Waals surface area contributed by atoms with Gasteiger partial charge in [0.15, 0.2) is 24.8 Å². The summed E-state index contributed by atoms with van der Waals surface area (Å²) in [4.78, 5) is 0. The molecule has 0 saturated carbocycles. The first-order valence-electron chi connectivity index (χ1n) is 18.0. The second-order valence-electron chi connectivity index (χ2n) is 12.8. The van der Waals surface area contributed by atoms with Crippen molar-refractivity contribution in [2.75, 3.05) is 0 Å². The van der Waals surface area contributed by atoms with Gasteiger partial charge in [-0.25, -0.2) is 4.57 Å². The van der Waals surface area contributed by atoms with Gasteiger partial charge in [-0.3, -0.25) is 0 Å². The number of aryl methyl sites for hydroxylation is 3. The zero-order valence-corrected chi connectivity index (χ0v) is 35.0. The molecule has 3 nitrogen and oxygen atoms in total. The van der Waals surface area contributed by atoms with Crippen LogP contribution in [0.2, 0.25) is 0 Å². The highest BCUT2D eigenvalue weighted by Gasteiger charge is 2.08. The zero-order chi connectivity index (χ0) is 34.5. The lowest BCUT2D eigenvalue weighted by Crippen LogP contribution is -3.00. The van der Waals surface area contributed by atoms with Crippen LogP contribution < -0.4 is 64.6 Å². The molecule has 0 unspecified atom stereocenters. The number of hydrogen-bond donors (Lipinski definition) is 0. The number of halogens is 3. The van der Waals surface area contributed by atoms with Crippen LogP contribution in [-0.2, 0) is 19.6 Å². The van der Waals surface area contributed by atoms with Crippen molar-refractivity contribution in [3.63, 3.8) is 0 Å². The Morgan fingerprint density at radius 2 is 0.796 bits per heavy atom. The molecule has 0 aliphatic rings. The molecule has 7 aromatic rings. The second kappa shape index (κ2) is 21.8. The molecular formula is C48H42Br3N3. The highest BCUT2D eigenvalue weighted by molar-refractivity contribution is 5.80. The number of rotatable bonds is 9. The Bertz CT molecular complexity index is 2380. The summed E-state index contributed by atoms with van der Waals surface area (Å²) < 4.78 is 6.89. The summed E-state index contributed by atoms with van der Waals surface area (Å²) >= 11 is 0. The van der Waals surface area contributed by atoms with Gasteiger partial charge in [-0.2, -0.15) is 9.13 Å². The minimum atomic E-state index is 0. The maximum atomic E-state index is 3.43. The Hall–Kier alpha value is -4.77. The number of fused-ring (bicyclic) bond motifs is 3. The first kappa shape index (κ1) is 42.0. The van der Waals surface area contributed by atoms with Crippen LogP contribution in [0.25, 0.3) is 32.6 Å². The fourth-order valence-electron chi connectivity index (χ4n) is 6.51. The molecular weight excluding hydrogens is 858 g/mol. The van der Waals surface area contributed by atoms with Crippen molar-refractivity contribution in [1.29, 1.82) is 0 Å². The molecule has 0 fully saturated rings. The first-order chi connectivity index (χ1) is 25.3. The van der Waals surface area contributed by atoms with Crippen molar-refractivity contribution in [3.8, 4) is 35.5 Å². The van der Waals surface area contributed by atoms with E-state index in [2.05, 4.69) is 195 Å². The number of aromatic nitrogens is 3. The van der Waals surface area contributed by atoms with E-state index in [-0.39, 0.29) is 50.9 Å². The van der Waals surface area contributed by atoms with Crippen molar-refractivity contribution >= 4 is 32.6 Å². The van der Waals surface area contributed by atoms with Crippen molar-refractivity contribution in [1.82, 2.24) is 0 Å². The second-order valence-corrected chi connectivity index (χ2v) is 12.8. The molecule has 4 aromatic carbocycles. The lowest BCUT2D eigenvalue weighted by atomic mass is 10.1. The van der Waals surface area contributed by atoms with Crippen molar-refractivity contribution in [2.45, 2.75) is 58.2 Å². The molecule has 3 aromatic heterocycles. The fourth-order valence-corrected chi connectivity index (χ4v) is 6.51. The van der Waals surface area contributed by atoms with Gasteiger partial charge < -0.3 is 50.9 Å². The molecule has 0 spiro atoms. The van der Waals surface area contributed by atoms with E-state index in [1.165, 1.54) is 32.6 Å². The Kier molecular flexibility index (Phi) is 17.0. The third kappa shape index (κ3) is 11.6. The van der Waals surface area contributed by atoms with Gasteiger partial charge in [0.05, 0.1) is 0 Å². The van der Waals surface area contributed by atoms with Gasteiger partial charge in [-0.15, -0.1) is 0 Å². The van der Waals surface area contributed by atoms with Crippen LogP contribution in [0.4, 0.5) is 0 Å². The number of unbranched alkanes of at least 4 members (excludes halogenated alkanes) is 3. The first-order valence-corrected chi connectivity index (χ1v) is 18.0. The smallest absolute Gasteiger partial charge is 0.212 e. The Balaban J connectivity index is 0.00000217. The molecule has 0 radical (unpaired) electrons. The summed E-state index contributed by atoms with van der Waals surface area (Å²) in [6.07, 6.45) is 14.1. The summed E-state index contributed by atoms with van der Waals surface area (Å²) in [5.74, 6) is 20.5. The predicted molar refractivity (Wildman–Crippen MR) is 207 cm³/mol. The van der Waals surface area contributed by atoms with Crippen LogP contribution in [-0.4, -0.2) is 0 Å². The molecule has 0 bridgehead atoms. The molecule has 270 valence electrons. The highest BCUT2D eigenvalue weighted by Crippen LogP contribution is 2.12. The third-order valence-corrected chi connectivity index (χ3v) is 9.07. The average Bonchev–Trinajstić information content (AvgIpc) is 3.17. The minimum Gasteiger partial charge on any atom is -1.00 e. The van der Waals surface area contributed by atoms with E-state index in [1.807, 2.05) is 0 Å². The lowest BCUT2D eigenvalue weighted by molar-refractivity contribution is -0.695. The predicted octanol–water partition coefficient (Wildman–Crippen LogP) is -0.484. The van der Waals surface area contributed by atoms with Gasteiger partial charge in [0.25, 0.3) is 0 Å². The summed E-state index contributed by atoms with van der Waals surface area (Å²) in [6, 6.07) is 42.6. The molecule has 3 heterocycles. The van der Waals surface area contributed by atoms with Crippen LogP contribution in [0.15, 0.2) is 146 Å². The van der Waals surface area contributed by atoms with E-state index < -0.39 is 0 Å². The summed E-state index contributed by atoms with van der Waals surface area (Å²) in [5.41, 5.74) is 5.44. The van der Waals surface area contributed by atoms with Crippen LogP contribution in [0, 0.1) is 35.5 Å². The zero-order valence-electron chi connectivity index (χ0n) is 30.2. The van der Waals surface area contributed by atoms with E-state index in [1.54, 1.807) is 0 Å². The average molecular weight is 901 g/mol. The number of para-hydroxylation sites is 2. The van der Waals surface area contributed by atoms with Gasteiger partial charge in [0.2, 0.25) is 11.0 Å². The Morgan fingerprint density at radius 1 is 0.389 bits per heavy atom. The quantitative estimate of drug-likeness (QED) is 0.106. The molecule has 0 aliphatic carbocycles. The summed E-state index contributed by atoms with van der Waals surface area (Å²) in [7, 11) is 0. The van der Waals surface area contributed by atoms with Gasteiger partial charge in [-0.1, -0.05) is 78.0 Å². The molecule has 0 atom stereocenters. The molecule has 0 saturated heterocycles. The van der Waals surface area contributed by atoms with Gasteiger partial charge >= 0.3 is 0 Å². The Labute approximate surface area is 351 Å². The molecule has 0 aliphatic heterocycles. The fraction of sp³-hybridized carbons (Fsp3) is 0.188. The standard InChI is InChI=1S/C48H42N3.3BrH/c1(13-30-49-35-29-43-21-7-8-24-46(43)39-49)4-18-40-36-41(19-5-2-14-31-50-33-16-25-44-22-9-11-27-47(44)50)38-42(37-40)20-6-3-15-32-51-34-17-26-45-23-10-12-28-48(45)51;;;/h7-12,16-17,21-29,33-39H,1-3,13-15,30-32H2;3*1H/q+3;;;/p-3. The van der Waals surface area contributed by atoms with Gasteiger partial charge in [-0.05, 0) is 53.9 Å². The molecule has 0 amide bonds. The van der Waals surface area contributed by atoms with Gasteiger partial charge in [0, 0.05) is 102 Å². The number of hydrogen-bond acceptors (Lipinski definition) is 0. The molecule has 6 heteroatoms. The van der Waals surface area contributed by atoms with Crippen LogP contribution in [0.3, 0.4) is 0 Å². The largest absolute Gasteiger partial charge is 1.00 e. The maximum Gasteiger partial charge on any atom is 0.212 e. The normalized spacial score (nSPS) is 10.0. The van der Waals surface area contributed by atoms with E-state index in [9.17, 15) is 0 Å². The summed E-state index contributed by atoms with van der Waals surface area (Å²) in [5, 5.41) is 5.05. The SMILES string of the molecule is C(#Cc1cc(C#CCCC[n+]2cccc3ccccc32)cc(C#CCCC[n+]2cccc3ccccc32)c1)CCC[n+]1ccc2ccccc2c1.[Br-].[Br-].[Br-]. The van der Waals surface area contributed by atoms with Crippen molar-refractivity contribution in [2.24, 2.45) is 0 Å². The number of nitrogens with zero attached hydrogens (tertiary/aromatic N) is 3. The molecule has 54 heavy (non-hydrogen) atoms. The van der Waals surface area contributed by atoms with Crippen LogP contribution in [0.1, 0.15) is 55.2 Å². The molecule has 7 rings (SSSR count). The number of pyridine rings is 3. The highest BCUT2D eigenvalue weighted by atomic mass is 79.9. The number of benzene rings is 4. The maximum absolute atomic E-state index is 3.43. The van der Waals surface area contributed by atoms with Crippen molar-refractivity contribution < 1.29 is 64.6 Å². The lowest BCUT2D eigenvalue weighted by Gasteiger charge is -2.00. The summed E-state index contributed by atoms with van der Waals surface area (Å²) in [6.45, 7) is 2.82. The van der Waals surface area contributed by atoms with E-state index in [0.717, 1.165) is 74.8 Å². The van der Waals surface area contributed by atoms with Crippen LogP contribution >= 0.6 is 0 Å². The molecule has 0 N–H and O–H groups in total. The van der Waals surface area contributed by atoms with Gasteiger partial charge in [0.1, 0.15) is 19.6 Å². The van der Waals surface area contributed by atoms with Crippen molar-refractivity contribution in [3.05, 3.63) is 163 Å². The van der Waals surface area contributed by atoms with E-state index >= 15 is 0 Å². The topological polar surface area (TPSA) is 11.6 Å². The van der Waals surface area contributed by atoms with E-state index in [4.69, 9.17) is 0 Å². The van der Waals surface area contributed by atoms with E-state index in [0.29, 0.717) is 0 Å².